The fourth-order valence-corrected chi connectivity index (χ4v) is 5.02. The van der Waals surface area contributed by atoms with Crippen molar-refractivity contribution in [1.82, 2.24) is 25.0 Å². The maximum atomic E-state index is 12.4. The summed E-state index contributed by atoms with van der Waals surface area (Å²) in [6.07, 6.45) is 1.16. The molecule has 0 fully saturated rings. The van der Waals surface area contributed by atoms with Crippen LogP contribution in [0.25, 0.3) is 16.3 Å². The smallest absolute Gasteiger partial charge is 0.236 e. The maximum absolute atomic E-state index is 12.4. The van der Waals surface area contributed by atoms with E-state index in [2.05, 4.69) is 25.7 Å². The number of nitrogens with one attached hydrogen (secondary N) is 1. The lowest BCUT2D eigenvalue weighted by Crippen LogP contribution is -2.14. The molecular weight excluding hydrogens is 468 g/mol. The first-order valence-electron chi connectivity index (χ1n) is 9.35. The van der Waals surface area contributed by atoms with Gasteiger partial charge in [-0.25, -0.2) is 8.42 Å². The Morgan fingerprint density at radius 3 is 2.44 bits per heavy atom. The number of carbonyl (C=O) groups is 1. The summed E-state index contributed by atoms with van der Waals surface area (Å²) in [6, 6.07) is 16.1. The zero-order valence-corrected chi connectivity index (χ0v) is 19.5. The number of amides is 1. The van der Waals surface area contributed by atoms with E-state index in [0.717, 1.165) is 23.3 Å². The molecule has 1 N–H and O–H groups in total. The van der Waals surface area contributed by atoms with Crippen LogP contribution >= 0.6 is 23.1 Å². The Labute approximate surface area is 192 Å². The Balaban J connectivity index is 1.40. The monoisotopic (exact) mass is 486 g/mol. The van der Waals surface area contributed by atoms with Crippen molar-refractivity contribution in [1.29, 1.82) is 0 Å². The number of anilines is 1. The summed E-state index contributed by atoms with van der Waals surface area (Å²) in [7, 11) is -3.26. The van der Waals surface area contributed by atoms with Gasteiger partial charge in [0, 0.05) is 17.5 Å². The normalized spacial score (nSPS) is 11.4. The van der Waals surface area contributed by atoms with Crippen LogP contribution in [0.2, 0.25) is 0 Å². The number of rotatable bonds is 7. The van der Waals surface area contributed by atoms with Gasteiger partial charge in [0.15, 0.2) is 15.0 Å². The van der Waals surface area contributed by atoms with Crippen LogP contribution in [0.1, 0.15) is 5.82 Å². The van der Waals surface area contributed by atoms with E-state index in [1.165, 1.54) is 35.2 Å². The van der Waals surface area contributed by atoms with Crippen molar-refractivity contribution in [3.05, 3.63) is 60.4 Å². The van der Waals surface area contributed by atoms with Gasteiger partial charge < -0.3 is 0 Å². The molecule has 0 aliphatic carbocycles. The van der Waals surface area contributed by atoms with Crippen LogP contribution in [0.5, 0.6) is 0 Å². The van der Waals surface area contributed by atoms with Crippen molar-refractivity contribution in [2.24, 2.45) is 0 Å². The van der Waals surface area contributed by atoms with E-state index in [-0.39, 0.29) is 16.6 Å². The molecular formula is C20H18N6O3S3. The standard InChI is InChI=1S/C20H18N6O3S3/c1-13-22-25-20(26(13)15-6-4-3-5-7-15)30-12-17(27)21-19-24-23-18(31-19)14-8-10-16(11-9-14)32(2,28)29/h3-11H,12H2,1-2H3,(H,21,24,27). The van der Waals surface area contributed by atoms with Crippen molar-refractivity contribution in [3.63, 3.8) is 0 Å². The first kappa shape index (κ1) is 22.1. The molecule has 12 heteroatoms. The molecule has 2 heterocycles. The second kappa shape index (κ2) is 9.18. The Bertz CT molecular complexity index is 1350. The first-order chi connectivity index (χ1) is 15.3. The van der Waals surface area contributed by atoms with Gasteiger partial charge in [0.05, 0.1) is 10.6 Å². The van der Waals surface area contributed by atoms with Crippen molar-refractivity contribution in [3.8, 4) is 16.3 Å². The molecule has 1 amide bonds. The highest BCUT2D eigenvalue weighted by molar-refractivity contribution is 7.99. The topological polar surface area (TPSA) is 120 Å². The van der Waals surface area contributed by atoms with Gasteiger partial charge in [-0.05, 0) is 31.2 Å². The van der Waals surface area contributed by atoms with Gasteiger partial charge >= 0.3 is 0 Å². The zero-order chi connectivity index (χ0) is 22.7. The minimum Gasteiger partial charge on any atom is -0.300 e. The van der Waals surface area contributed by atoms with Gasteiger partial charge in [0.2, 0.25) is 11.0 Å². The molecule has 0 atom stereocenters. The summed E-state index contributed by atoms with van der Waals surface area (Å²) in [4.78, 5) is 12.7. The lowest BCUT2D eigenvalue weighted by Gasteiger charge is -2.07. The lowest BCUT2D eigenvalue weighted by atomic mass is 10.2. The molecule has 0 saturated carbocycles. The summed E-state index contributed by atoms with van der Waals surface area (Å²) in [5.41, 5.74) is 1.64. The second-order valence-electron chi connectivity index (χ2n) is 6.75. The summed E-state index contributed by atoms with van der Waals surface area (Å²) in [5.74, 6) is 0.614. The van der Waals surface area contributed by atoms with Crippen LogP contribution in [0.15, 0.2) is 64.6 Å². The van der Waals surface area contributed by atoms with E-state index < -0.39 is 9.84 Å². The summed E-state index contributed by atoms with van der Waals surface area (Å²) < 4.78 is 25.1. The number of carbonyl (C=O) groups excluding carboxylic acids is 1. The van der Waals surface area contributed by atoms with Crippen LogP contribution < -0.4 is 5.32 Å². The number of aromatic nitrogens is 5. The van der Waals surface area contributed by atoms with E-state index in [9.17, 15) is 13.2 Å². The number of aryl methyl sites for hydroxylation is 1. The van der Waals surface area contributed by atoms with Gasteiger partial charge in [0.1, 0.15) is 10.8 Å². The average Bonchev–Trinajstić information content (AvgIpc) is 3.39. The fourth-order valence-electron chi connectivity index (χ4n) is 2.83. The summed E-state index contributed by atoms with van der Waals surface area (Å²) in [5, 5.41) is 20.7. The molecule has 0 saturated heterocycles. The van der Waals surface area contributed by atoms with Gasteiger partial charge in [-0.2, -0.15) is 0 Å². The molecule has 4 rings (SSSR count). The predicted molar refractivity (Wildman–Crippen MR) is 124 cm³/mol. The largest absolute Gasteiger partial charge is 0.300 e. The van der Waals surface area contributed by atoms with Crippen LogP contribution in [0.3, 0.4) is 0 Å². The lowest BCUT2D eigenvalue weighted by molar-refractivity contribution is -0.113. The fraction of sp³-hybridized carbons (Fsp3) is 0.150. The van der Waals surface area contributed by atoms with Crippen molar-refractivity contribution in [2.75, 3.05) is 17.3 Å². The van der Waals surface area contributed by atoms with E-state index in [0.29, 0.717) is 15.3 Å². The molecule has 9 nitrogen and oxygen atoms in total. The van der Waals surface area contributed by atoms with E-state index in [1.807, 2.05) is 41.8 Å². The second-order valence-corrected chi connectivity index (χ2v) is 10.7. The summed E-state index contributed by atoms with van der Waals surface area (Å²) >= 11 is 2.48. The molecule has 32 heavy (non-hydrogen) atoms. The first-order valence-corrected chi connectivity index (χ1v) is 13.0. The van der Waals surface area contributed by atoms with E-state index >= 15 is 0 Å². The number of hydrogen-bond donors (Lipinski definition) is 1. The Kier molecular flexibility index (Phi) is 6.35. The number of thioether (sulfide) groups is 1. The van der Waals surface area contributed by atoms with Crippen molar-refractivity contribution in [2.45, 2.75) is 17.0 Å². The minimum atomic E-state index is -3.26. The number of benzene rings is 2. The van der Waals surface area contributed by atoms with Crippen LogP contribution in [-0.2, 0) is 14.6 Å². The minimum absolute atomic E-state index is 0.128. The Morgan fingerprint density at radius 2 is 1.75 bits per heavy atom. The third-order valence-corrected chi connectivity index (χ3v) is 7.29. The maximum Gasteiger partial charge on any atom is 0.236 e. The molecule has 4 aromatic rings. The molecule has 0 bridgehead atoms. The van der Waals surface area contributed by atoms with Gasteiger partial charge in [0.25, 0.3) is 0 Å². The number of hydrogen-bond acceptors (Lipinski definition) is 9. The van der Waals surface area contributed by atoms with Crippen LogP contribution in [0, 0.1) is 6.92 Å². The Hall–Kier alpha value is -3.09. The highest BCUT2D eigenvalue weighted by atomic mass is 32.2. The molecule has 0 aliphatic heterocycles. The number of para-hydroxylation sites is 1. The van der Waals surface area contributed by atoms with Gasteiger partial charge in [-0.3, -0.25) is 14.7 Å². The predicted octanol–water partition coefficient (Wildman–Crippen LogP) is 3.23. The number of nitrogens with zero attached hydrogens (tertiary/aromatic N) is 5. The molecule has 2 aromatic heterocycles. The Morgan fingerprint density at radius 1 is 1.03 bits per heavy atom. The van der Waals surface area contributed by atoms with Crippen molar-refractivity contribution < 1.29 is 13.2 Å². The van der Waals surface area contributed by atoms with Crippen LogP contribution in [-0.4, -0.2) is 51.3 Å². The van der Waals surface area contributed by atoms with E-state index in [4.69, 9.17) is 0 Å². The SMILES string of the molecule is Cc1nnc(SCC(=O)Nc2nnc(-c3ccc(S(C)(=O)=O)cc3)s2)n1-c1ccccc1. The van der Waals surface area contributed by atoms with Gasteiger partial charge in [-0.1, -0.05) is 53.4 Å². The molecule has 0 aliphatic rings. The third kappa shape index (κ3) is 5.03. The molecule has 0 spiro atoms. The summed E-state index contributed by atoms with van der Waals surface area (Å²) in [6.45, 7) is 1.86. The average molecular weight is 487 g/mol. The van der Waals surface area contributed by atoms with E-state index in [1.54, 1.807) is 12.1 Å². The molecule has 164 valence electrons. The van der Waals surface area contributed by atoms with Gasteiger partial charge in [-0.15, -0.1) is 20.4 Å². The quantitative estimate of drug-likeness (QED) is 0.395. The highest BCUT2D eigenvalue weighted by Gasteiger charge is 2.15. The van der Waals surface area contributed by atoms with Crippen LogP contribution in [0.4, 0.5) is 5.13 Å². The number of sulfone groups is 1. The third-order valence-electron chi connectivity index (χ3n) is 4.34. The zero-order valence-electron chi connectivity index (χ0n) is 17.1. The highest BCUT2D eigenvalue weighted by Crippen LogP contribution is 2.28. The molecule has 0 radical (unpaired) electrons. The molecule has 0 unspecified atom stereocenters. The van der Waals surface area contributed by atoms with Crippen molar-refractivity contribution >= 4 is 44.0 Å². The molecule has 2 aromatic carbocycles.